The van der Waals surface area contributed by atoms with Crippen LogP contribution in [0.5, 0.6) is 0 Å². The van der Waals surface area contributed by atoms with E-state index in [9.17, 15) is 5.11 Å². The van der Waals surface area contributed by atoms with E-state index >= 15 is 0 Å². The van der Waals surface area contributed by atoms with Gasteiger partial charge in [-0.2, -0.15) is 0 Å². The number of nitrogens with zero attached hydrogens (tertiary/aromatic N) is 2. The zero-order valence-corrected chi connectivity index (χ0v) is 19.0. The highest BCUT2D eigenvalue weighted by Crippen LogP contribution is 2.20. The highest BCUT2D eigenvalue weighted by atomic mass is 127. The van der Waals surface area contributed by atoms with Gasteiger partial charge in [0.15, 0.2) is 5.96 Å². The van der Waals surface area contributed by atoms with Gasteiger partial charge in [0.1, 0.15) is 0 Å². The van der Waals surface area contributed by atoms with Gasteiger partial charge in [0, 0.05) is 57.8 Å². The summed E-state index contributed by atoms with van der Waals surface area (Å²) in [4.78, 5) is 7.07. The third-order valence-electron chi connectivity index (χ3n) is 4.51. The van der Waals surface area contributed by atoms with Crippen LogP contribution in [0.25, 0.3) is 0 Å². The first kappa shape index (κ1) is 24.9. The third-order valence-corrected chi connectivity index (χ3v) is 4.51. The van der Waals surface area contributed by atoms with Crippen molar-refractivity contribution in [3.05, 3.63) is 0 Å². The second kappa shape index (κ2) is 13.1. The predicted octanol–water partition coefficient (Wildman–Crippen LogP) is 2.21. The Balaban J connectivity index is 0.00000576. The molecule has 0 aromatic heterocycles. The fourth-order valence-electron chi connectivity index (χ4n) is 3.06. The molecule has 25 heavy (non-hydrogen) atoms. The first-order valence-electron chi connectivity index (χ1n) is 9.46. The first-order valence-corrected chi connectivity index (χ1v) is 9.46. The van der Waals surface area contributed by atoms with Crippen molar-refractivity contribution in [2.45, 2.75) is 71.6 Å². The molecule has 7 heteroatoms. The Morgan fingerprint density at radius 1 is 1.16 bits per heavy atom. The Labute approximate surface area is 171 Å². The molecule has 1 saturated heterocycles. The summed E-state index contributed by atoms with van der Waals surface area (Å²) in [5.41, 5.74) is -0.716. The molecule has 0 saturated carbocycles. The summed E-state index contributed by atoms with van der Waals surface area (Å²) in [7, 11) is 0. The maximum Gasteiger partial charge on any atom is 0.191 e. The van der Waals surface area contributed by atoms with Crippen molar-refractivity contribution in [3.63, 3.8) is 0 Å². The van der Waals surface area contributed by atoms with Crippen LogP contribution in [0, 0.1) is 0 Å². The van der Waals surface area contributed by atoms with Crippen molar-refractivity contribution in [2.24, 2.45) is 4.99 Å². The molecule has 6 nitrogen and oxygen atoms in total. The quantitative estimate of drug-likeness (QED) is 0.209. The van der Waals surface area contributed by atoms with Crippen LogP contribution in [0.2, 0.25) is 0 Å². The molecule has 150 valence electrons. The van der Waals surface area contributed by atoms with Gasteiger partial charge in [-0.1, -0.05) is 0 Å². The lowest BCUT2D eigenvalue weighted by Crippen LogP contribution is -2.43. The van der Waals surface area contributed by atoms with E-state index in [0.717, 1.165) is 32.0 Å². The van der Waals surface area contributed by atoms with Crippen molar-refractivity contribution >= 4 is 29.9 Å². The molecular weight excluding hydrogens is 431 g/mol. The second-order valence-electron chi connectivity index (χ2n) is 7.24. The molecule has 0 unspecified atom stereocenters. The zero-order valence-electron chi connectivity index (χ0n) is 16.7. The van der Waals surface area contributed by atoms with E-state index in [4.69, 9.17) is 4.74 Å². The lowest BCUT2D eigenvalue weighted by molar-refractivity contribution is -0.0565. The van der Waals surface area contributed by atoms with Crippen LogP contribution in [-0.4, -0.2) is 73.0 Å². The standard InChI is InChI=1S/C18H38N4O2.HI/c1-6-19-17(21-14-18(23)8-12-24-13-9-18)20-10-7-11-22(15(2)3)16(4)5;/h15-16,23H,6-14H2,1-5H3,(H2,19,20,21);1H. The van der Waals surface area contributed by atoms with Gasteiger partial charge in [-0.15, -0.1) is 24.0 Å². The molecule has 1 heterocycles. The van der Waals surface area contributed by atoms with Crippen molar-refractivity contribution < 1.29 is 9.84 Å². The van der Waals surface area contributed by atoms with Gasteiger partial charge in [-0.3, -0.25) is 9.89 Å². The smallest absolute Gasteiger partial charge is 0.191 e. The number of aliphatic imine (C=N–C) groups is 1. The topological polar surface area (TPSA) is 69.1 Å². The number of aliphatic hydroxyl groups is 1. The Kier molecular flexibility index (Phi) is 13.0. The highest BCUT2D eigenvalue weighted by molar-refractivity contribution is 14.0. The number of hydrogen-bond acceptors (Lipinski definition) is 4. The zero-order chi connectivity index (χ0) is 18.0. The Morgan fingerprint density at radius 2 is 1.76 bits per heavy atom. The van der Waals surface area contributed by atoms with Gasteiger partial charge in [0.05, 0.1) is 12.1 Å². The number of ether oxygens (including phenoxy) is 1. The fourth-order valence-corrected chi connectivity index (χ4v) is 3.06. The summed E-state index contributed by atoms with van der Waals surface area (Å²) in [6.45, 7) is 15.5. The van der Waals surface area contributed by atoms with E-state index in [1.807, 2.05) is 0 Å². The average Bonchev–Trinajstić information content (AvgIpc) is 2.52. The number of halogens is 1. The third kappa shape index (κ3) is 9.96. The predicted molar refractivity (Wildman–Crippen MR) is 116 cm³/mol. The van der Waals surface area contributed by atoms with Gasteiger partial charge < -0.3 is 20.5 Å². The number of guanidine groups is 1. The molecule has 1 aliphatic rings. The second-order valence-corrected chi connectivity index (χ2v) is 7.24. The minimum Gasteiger partial charge on any atom is -0.388 e. The molecule has 0 aromatic rings. The molecule has 0 aliphatic carbocycles. The van der Waals surface area contributed by atoms with E-state index < -0.39 is 5.60 Å². The van der Waals surface area contributed by atoms with Crippen LogP contribution in [-0.2, 0) is 4.74 Å². The SMILES string of the molecule is CCNC(=NCC1(O)CCOCC1)NCCCN(C(C)C)C(C)C.I. The van der Waals surface area contributed by atoms with Gasteiger partial charge in [-0.25, -0.2) is 0 Å². The number of rotatable bonds is 9. The molecule has 0 atom stereocenters. The van der Waals surface area contributed by atoms with E-state index in [1.54, 1.807) is 0 Å². The van der Waals surface area contributed by atoms with Gasteiger partial charge in [0.25, 0.3) is 0 Å². The summed E-state index contributed by atoms with van der Waals surface area (Å²) in [6.07, 6.45) is 2.39. The molecule has 0 radical (unpaired) electrons. The molecule has 3 N–H and O–H groups in total. The fraction of sp³-hybridized carbons (Fsp3) is 0.944. The largest absolute Gasteiger partial charge is 0.388 e. The molecule has 0 amide bonds. The average molecular weight is 470 g/mol. The summed E-state index contributed by atoms with van der Waals surface area (Å²) >= 11 is 0. The van der Waals surface area contributed by atoms with E-state index in [-0.39, 0.29) is 24.0 Å². The number of nitrogens with one attached hydrogen (secondary N) is 2. The Hall–Kier alpha value is -0.120. The Morgan fingerprint density at radius 3 is 2.28 bits per heavy atom. The summed E-state index contributed by atoms with van der Waals surface area (Å²) in [5, 5.41) is 17.1. The van der Waals surface area contributed by atoms with Crippen molar-refractivity contribution in [2.75, 3.05) is 39.4 Å². The molecular formula is C18H39IN4O2. The van der Waals surface area contributed by atoms with E-state index in [1.165, 1.54) is 0 Å². The normalized spacial score (nSPS) is 17.7. The van der Waals surface area contributed by atoms with E-state index in [0.29, 0.717) is 44.7 Å². The maximum atomic E-state index is 10.5. The summed E-state index contributed by atoms with van der Waals surface area (Å²) < 4.78 is 5.32. The molecule has 0 spiro atoms. The van der Waals surface area contributed by atoms with Crippen LogP contribution in [0.1, 0.15) is 53.9 Å². The highest BCUT2D eigenvalue weighted by Gasteiger charge is 2.29. The molecule has 1 fully saturated rings. The lowest BCUT2D eigenvalue weighted by atomic mass is 9.95. The van der Waals surface area contributed by atoms with Crippen molar-refractivity contribution in [1.29, 1.82) is 0 Å². The Bertz CT molecular complexity index is 364. The van der Waals surface area contributed by atoms with Gasteiger partial charge in [0.2, 0.25) is 0 Å². The molecule has 0 bridgehead atoms. The van der Waals surface area contributed by atoms with Crippen LogP contribution >= 0.6 is 24.0 Å². The summed E-state index contributed by atoms with van der Waals surface area (Å²) in [5.74, 6) is 0.790. The monoisotopic (exact) mass is 470 g/mol. The van der Waals surface area contributed by atoms with Crippen LogP contribution in [0.15, 0.2) is 4.99 Å². The summed E-state index contributed by atoms with van der Waals surface area (Å²) in [6, 6.07) is 1.13. The van der Waals surface area contributed by atoms with Crippen molar-refractivity contribution in [3.8, 4) is 0 Å². The van der Waals surface area contributed by atoms with Gasteiger partial charge >= 0.3 is 0 Å². The van der Waals surface area contributed by atoms with Crippen molar-refractivity contribution in [1.82, 2.24) is 15.5 Å². The number of hydrogen-bond donors (Lipinski definition) is 3. The van der Waals surface area contributed by atoms with Crippen LogP contribution < -0.4 is 10.6 Å². The van der Waals surface area contributed by atoms with Gasteiger partial charge in [-0.05, 0) is 41.0 Å². The molecule has 0 aromatic carbocycles. The maximum absolute atomic E-state index is 10.5. The molecule has 1 aliphatic heterocycles. The van der Waals surface area contributed by atoms with Crippen LogP contribution in [0.4, 0.5) is 0 Å². The minimum absolute atomic E-state index is 0. The molecule has 1 rings (SSSR count). The first-order chi connectivity index (χ1) is 11.4. The van der Waals surface area contributed by atoms with E-state index in [2.05, 4.69) is 55.1 Å². The minimum atomic E-state index is -0.716. The lowest BCUT2D eigenvalue weighted by Gasteiger charge is -2.31. The van der Waals surface area contributed by atoms with Crippen LogP contribution in [0.3, 0.4) is 0 Å².